The summed E-state index contributed by atoms with van der Waals surface area (Å²) < 4.78 is 44.2. The third kappa shape index (κ3) is 6.24. The Kier molecular flexibility index (Phi) is 7.88. The number of benzene rings is 2. The first-order valence-corrected chi connectivity index (χ1v) is 13.5. The standard InChI is InChI=1S/C29H30ClF3N4O2/c1-2-25-27(37-16-11-21(30)17-26(37)35-25)28(38)34-18-19-3-7-22(8-4-19)36-14-12-24(13-15-36)39-23-9-5-20(6-10-23)29(31,32)33/h3-11,16-17,24-25,27H,2,12-15,18H2,1H3,(H,34,38). The van der Waals surface area contributed by atoms with Crippen LogP contribution in [0.5, 0.6) is 5.75 Å². The molecule has 10 heteroatoms. The van der Waals surface area contributed by atoms with Crippen molar-refractivity contribution < 1.29 is 22.7 Å². The Labute approximate surface area is 230 Å². The molecule has 39 heavy (non-hydrogen) atoms. The SMILES string of the molecule is CCC1N=C2C=C(Cl)C=CN2C1C(=O)NCc1ccc(N2CCC(Oc3ccc(C(F)(F)F)cc3)CC2)cc1. The second kappa shape index (κ2) is 11.3. The average Bonchev–Trinajstić information content (AvgIpc) is 3.30. The van der Waals surface area contributed by atoms with E-state index in [1.165, 1.54) is 12.1 Å². The summed E-state index contributed by atoms with van der Waals surface area (Å²) in [5, 5.41) is 3.65. The molecule has 5 rings (SSSR count). The molecule has 2 unspecified atom stereocenters. The smallest absolute Gasteiger partial charge is 0.416 e. The zero-order valence-electron chi connectivity index (χ0n) is 21.5. The maximum atomic E-state index is 13.1. The van der Waals surface area contributed by atoms with Gasteiger partial charge in [0.1, 0.15) is 23.7 Å². The number of amides is 1. The predicted octanol–water partition coefficient (Wildman–Crippen LogP) is 5.88. The van der Waals surface area contributed by atoms with Crippen molar-refractivity contribution >= 4 is 29.0 Å². The minimum atomic E-state index is -4.35. The lowest BCUT2D eigenvalue weighted by atomic mass is 10.0. The highest BCUT2D eigenvalue weighted by atomic mass is 35.5. The van der Waals surface area contributed by atoms with E-state index in [1.54, 1.807) is 12.2 Å². The van der Waals surface area contributed by atoms with E-state index < -0.39 is 17.8 Å². The molecule has 0 radical (unpaired) electrons. The van der Waals surface area contributed by atoms with Crippen molar-refractivity contribution in [2.24, 2.45) is 4.99 Å². The van der Waals surface area contributed by atoms with Crippen molar-refractivity contribution in [3.05, 3.63) is 83.0 Å². The van der Waals surface area contributed by atoms with Gasteiger partial charge in [-0.1, -0.05) is 30.7 Å². The molecule has 1 fully saturated rings. The van der Waals surface area contributed by atoms with E-state index in [0.717, 1.165) is 55.7 Å². The highest BCUT2D eigenvalue weighted by molar-refractivity contribution is 6.33. The Balaban J connectivity index is 1.10. The van der Waals surface area contributed by atoms with Crippen LogP contribution in [0.25, 0.3) is 0 Å². The van der Waals surface area contributed by atoms with Gasteiger partial charge in [0.15, 0.2) is 0 Å². The molecule has 0 spiro atoms. The van der Waals surface area contributed by atoms with Gasteiger partial charge in [0.05, 0.1) is 11.6 Å². The first-order chi connectivity index (χ1) is 18.7. The number of carbonyl (C=O) groups is 1. The van der Waals surface area contributed by atoms with E-state index in [4.69, 9.17) is 16.3 Å². The quantitative estimate of drug-likeness (QED) is 0.461. The molecule has 2 atom stereocenters. The molecule has 0 saturated carbocycles. The van der Waals surface area contributed by atoms with Crippen molar-refractivity contribution in [3.63, 3.8) is 0 Å². The first kappa shape index (κ1) is 27.1. The van der Waals surface area contributed by atoms with Crippen LogP contribution in [0, 0.1) is 0 Å². The number of hydrogen-bond donors (Lipinski definition) is 1. The molecule has 206 valence electrons. The molecule has 6 nitrogen and oxygen atoms in total. The molecule has 1 amide bonds. The lowest BCUT2D eigenvalue weighted by Gasteiger charge is -2.34. The molecular formula is C29H30ClF3N4O2. The summed E-state index contributed by atoms with van der Waals surface area (Å²) >= 11 is 6.09. The summed E-state index contributed by atoms with van der Waals surface area (Å²) in [4.78, 5) is 21.9. The summed E-state index contributed by atoms with van der Waals surface area (Å²) in [6, 6.07) is 12.4. The topological polar surface area (TPSA) is 57.2 Å². The van der Waals surface area contributed by atoms with Gasteiger partial charge in [-0.3, -0.25) is 9.79 Å². The summed E-state index contributed by atoms with van der Waals surface area (Å²) in [5.74, 6) is 1.10. The fourth-order valence-corrected chi connectivity index (χ4v) is 5.27. The van der Waals surface area contributed by atoms with Gasteiger partial charge in [-0.05, 0) is 60.5 Å². The number of fused-ring (bicyclic) bond motifs is 1. The summed E-state index contributed by atoms with van der Waals surface area (Å²) in [5.41, 5.74) is 1.40. The molecule has 2 aromatic carbocycles. The van der Waals surface area contributed by atoms with Crippen molar-refractivity contribution in [2.45, 2.75) is 57.1 Å². The van der Waals surface area contributed by atoms with Crippen LogP contribution in [0.2, 0.25) is 0 Å². The van der Waals surface area contributed by atoms with Crippen molar-refractivity contribution in [2.75, 3.05) is 18.0 Å². The Bertz CT molecular complexity index is 1270. The van der Waals surface area contributed by atoms with E-state index in [2.05, 4.69) is 15.2 Å². The van der Waals surface area contributed by atoms with Gasteiger partial charge in [0.25, 0.3) is 0 Å². The number of nitrogens with zero attached hydrogens (tertiary/aromatic N) is 3. The second-order valence-electron chi connectivity index (χ2n) is 9.87. The number of nitrogens with one attached hydrogen (secondary N) is 1. The molecule has 0 bridgehead atoms. The Hall–Kier alpha value is -3.46. The number of anilines is 1. The maximum absolute atomic E-state index is 13.1. The number of amidine groups is 1. The third-order valence-electron chi connectivity index (χ3n) is 7.27. The average molecular weight is 559 g/mol. The Morgan fingerprint density at radius 2 is 1.79 bits per heavy atom. The fraction of sp³-hybridized carbons (Fsp3) is 0.379. The van der Waals surface area contributed by atoms with Gasteiger partial charge in [-0.15, -0.1) is 0 Å². The molecule has 3 aliphatic heterocycles. The number of piperidine rings is 1. The number of allylic oxidation sites excluding steroid dienone is 2. The van der Waals surface area contributed by atoms with Crippen molar-refractivity contribution in [1.82, 2.24) is 10.2 Å². The Morgan fingerprint density at radius 3 is 2.44 bits per heavy atom. The van der Waals surface area contributed by atoms with E-state index in [1.807, 2.05) is 42.3 Å². The molecule has 1 N–H and O–H groups in total. The third-order valence-corrected chi connectivity index (χ3v) is 7.50. The predicted molar refractivity (Wildman–Crippen MR) is 146 cm³/mol. The van der Waals surface area contributed by atoms with Crippen LogP contribution in [0.15, 0.2) is 76.9 Å². The number of aliphatic imine (C=N–C) groups is 1. The van der Waals surface area contributed by atoms with Crippen LogP contribution in [-0.2, 0) is 17.5 Å². The lowest BCUT2D eigenvalue weighted by molar-refractivity contribution is -0.137. The zero-order chi connectivity index (χ0) is 27.6. The first-order valence-electron chi connectivity index (χ1n) is 13.1. The monoisotopic (exact) mass is 558 g/mol. The van der Waals surface area contributed by atoms with E-state index >= 15 is 0 Å². The molecule has 3 aliphatic rings. The molecule has 2 aromatic rings. The van der Waals surface area contributed by atoms with Crippen LogP contribution in [0.1, 0.15) is 37.3 Å². The molecular weight excluding hydrogens is 529 g/mol. The van der Waals surface area contributed by atoms with Crippen LogP contribution < -0.4 is 15.0 Å². The Morgan fingerprint density at radius 1 is 1.10 bits per heavy atom. The van der Waals surface area contributed by atoms with Crippen LogP contribution in [0.3, 0.4) is 0 Å². The van der Waals surface area contributed by atoms with E-state index in [0.29, 0.717) is 23.2 Å². The lowest BCUT2D eigenvalue weighted by Crippen LogP contribution is -2.48. The number of alkyl halides is 3. The summed E-state index contributed by atoms with van der Waals surface area (Å²) in [7, 11) is 0. The number of carbonyl (C=O) groups excluding carboxylic acids is 1. The number of ether oxygens (including phenoxy) is 1. The normalized spacial score (nSPS) is 21.4. The van der Waals surface area contributed by atoms with E-state index in [-0.39, 0.29) is 18.1 Å². The minimum absolute atomic E-state index is 0.0410. The van der Waals surface area contributed by atoms with Gasteiger partial charge in [0, 0.05) is 49.4 Å². The fourth-order valence-electron chi connectivity index (χ4n) is 5.12. The van der Waals surface area contributed by atoms with Crippen molar-refractivity contribution in [1.29, 1.82) is 0 Å². The minimum Gasteiger partial charge on any atom is -0.490 e. The van der Waals surface area contributed by atoms with Crippen LogP contribution >= 0.6 is 11.6 Å². The summed E-state index contributed by atoms with van der Waals surface area (Å²) in [6.45, 7) is 4.00. The zero-order valence-corrected chi connectivity index (χ0v) is 22.3. The molecule has 1 saturated heterocycles. The number of rotatable bonds is 7. The number of halogens is 4. The van der Waals surface area contributed by atoms with Crippen molar-refractivity contribution in [3.8, 4) is 5.75 Å². The molecule has 0 aromatic heterocycles. The van der Waals surface area contributed by atoms with Gasteiger partial charge < -0.3 is 19.9 Å². The second-order valence-corrected chi connectivity index (χ2v) is 10.3. The number of hydrogen-bond acceptors (Lipinski definition) is 5. The van der Waals surface area contributed by atoms with Gasteiger partial charge in [-0.2, -0.15) is 13.2 Å². The van der Waals surface area contributed by atoms with Crippen LogP contribution in [-0.4, -0.2) is 47.9 Å². The van der Waals surface area contributed by atoms with E-state index in [9.17, 15) is 18.0 Å². The largest absolute Gasteiger partial charge is 0.490 e. The highest BCUT2D eigenvalue weighted by Crippen LogP contribution is 2.31. The maximum Gasteiger partial charge on any atom is 0.416 e. The van der Waals surface area contributed by atoms with Gasteiger partial charge >= 0.3 is 6.18 Å². The molecule has 0 aliphatic carbocycles. The highest BCUT2D eigenvalue weighted by Gasteiger charge is 2.39. The molecule has 3 heterocycles. The van der Waals surface area contributed by atoms with Crippen LogP contribution in [0.4, 0.5) is 18.9 Å². The van der Waals surface area contributed by atoms with Gasteiger partial charge in [-0.25, -0.2) is 0 Å². The van der Waals surface area contributed by atoms with Gasteiger partial charge in [0.2, 0.25) is 5.91 Å². The summed E-state index contributed by atoms with van der Waals surface area (Å²) in [6.07, 6.45) is 3.26.